The van der Waals surface area contributed by atoms with Gasteiger partial charge in [-0.25, -0.2) is 4.39 Å². The number of benzene rings is 3. The van der Waals surface area contributed by atoms with Gasteiger partial charge in [-0.1, -0.05) is 12.1 Å². The third kappa shape index (κ3) is 4.44. The zero-order valence-electron chi connectivity index (χ0n) is 22.1. The third-order valence-electron chi connectivity index (χ3n) is 7.56. The summed E-state index contributed by atoms with van der Waals surface area (Å²) in [6.07, 6.45) is 1.39. The smallest absolute Gasteiger partial charge is 0.298 e. The Hall–Kier alpha value is -5.15. The van der Waals surface area contributed by atoms with Gasteiger partial charge in [-0.15, -0.1) is 0 Å². The quantitative estimate of drug-likeness (QED) is 0.353. The molecule has 0 radical (unpaired) electrons. The molecule has 1 saturated heterocycles. The molecule has 2 aliphatic rings. The maximum Gasteiger partial charge on any atom is 0.298 e. The molecule has 0 spiro atoms. The van der Waals surface area contributed by atoms with Gasteiger partial charge < -0.3 is 20.3 Å². The number of anilines is 2. The molecule has 3 heterocycles. The van der Waals surface area contributed by atoms with Crippen LogP contribution in [-0.2, 0) is 5.92 Å². The molecule has 0 unspecified atom stereocenters. The number of amides is 2. The van der Waals surface area contributed by atoms with E-state index in [0.29, 0.717) is 24.5 Å². The lowest BCUT2D eigenvalue weighted by atomic mass is 9.99. The lowest BCUT2D eigenvalue weighted by molar-refractivity contribution is 0.0428. The van der Waals surface area contributed by atoms with E-state index >= 15 is 8.78 Å². The molecule has 3 aromatic carbocycles. The fourth-order valence-electron chi connectivity index (χ4n) is 5.44. The first-order valence-corrected chi connectivity index (χ1v) is 13.0. The Labute approximate surface area is 238 Å². The summed E-state index contributed by atoms with van der Waals surface area (Å²) in [5.74, 6) is -4.68. The number of fused-ring (bicyclic) bond motifs is 3. The topological polar surface area (TPSA) is 112 Å². The van der Waals surface area contributed by atoms with Gasteiger partial charge in [0.05, 0.1) is 36.6 Å². The summed E-state index contributed by atoms with van der Waals surface area (Å²) in [6, 6.07) is 15.2. The molecule has 42 heavy (non-hydrogen) atoms. The van der Waals surface area contributed by atoms with E-state index in [9.17, 15) is 19.2 Å². The van der Waals surface area contributed by atoms with Crippen LogP contribution in [-0.4, -0.2) is 47.8 Å². The number of ether oxygens (including phenoxy) is 1. The van der Waals surface area contributed by atoms with Crippen LogP contribution in [0.2, 0.25) is 0 Å². The molecule has 0 saturated carbocycles. The number of hydrogen-bond donors (Lipinski definition) is 2. The molecule has 2 aliphatic heterocycles. The maximum absolute atomic E-state index is 15.2. The van der Waals surface area contributed by atoms with E-state index in [1.54, 1.807) is 4.68 Å². The minimum atomic E-state index is -3.38. The number of nitrogens with one attached hydrogen (secondary N) is 2. The second-order valence-corrected chi connectivity index (χ2v) is 9.93. The highest BCUT2D eigenvalue weighted by Gasteiger charge is 2.45. The summed E-state index contributed by atoms with van der Waals surface area (Å²) in [7, 11) is 1.42. The first kappa shape index (κ1) is 27.0. The van der Waals surface area contributed by atoms with Crippen LogP contribution in [0, 0.1) is 17.1 Å². The highest BCUT2D eigenvalue weighted by Crippen LogP contribution is 2.39. The number of alkyl halides is 2. The van der Waals surface area contributed by atoms with Crippen molar-refractivity contribution >= 4 is 23.2 Å². The average Bonchev–Trinajstić information content (AvgIpc) is 3.65. The van der Waals surface area contributed by atoms with Crippen LogP contribution in [0.5, 0.6) is 5.75 Å². The highest BCUT2D eigenvalue weighted by atomic mass is 19.3. The molecule has 1 aromatic heterocycles. The molecule has 2 N–H and O–H groups in total. The van der Waals surface area contributed by atoms with Crippen LogP contribution >= 0.6 is 0 Å². The Morgan fingerprint density at radius 3 is 2.40 bits per heavy atom. The minimum Gasteiger partial charge on any atom is -0.495 e. The first-order valence-electron chi connectivity index (χ1n) is 13.0. The molecule has 2 amide bonds. The van der Waals surface area contributed by atoms with Crippen molar-refractivity contribution in [3.63, 3.8) is 0 Å². The van der Waals surface area contributed by atoms with Crippen molar-refractivity contribution in [1.29, 1.82) is 5.26 Å². The summed E-state index contributed by atoms with van der Waals surface area (Å²) in [5, 5.41) is 19.7. The Balaban J connectivity index is 1.30. The van der Waals surface area contributed by atoms with Crippen molar-refractivity contribution in [2.24, 2.45) is 0 Å². The second kappa shape index (κ2) is 10.4. The predicted molar refractivity (Wildman–Crippen MR) is 146 cm³/mol. The fraction of sp³-hybridized carbons (Fsp3) is 0.200. The number of nitriles is 1. The van der Waals surface area contributed by atoms with Gasteiger partial charge in [-0.2, -0.15) is 19.1 Å². The molecule has 12 heteroatoms. The lowest BCUT2D eigenvalue weighted by Crippen LogP contribution is -2.51. The fourth-order valence-corrected chi connectivity index (χ4v) is 5.44. The van der Waals surface area contributed by atoms with Crippen molar-refractivity contribution in [3.05, 3.63) is 107 Å². The summed E-state index contributed by atoms with van der Waals surface area (Å²) in [5.41, 5.74) is 0.419. The van der Waals surface area contributed by atoms with Crippen LogP contribution in [0.15, 0.2) is 72.9 Å². The van der Waals surface area contributed by atoms with Crippen LogP contribution in [0.3, 0.4) is 0 Å². The number of carbonyl (C=O) groups is 2. The number of rotatable bonds is 6. The van der Waals surface area contributed by atoms with Gasteiger partial charge in [0.2, 0.25) is 0 Å². The van der Waals surface area contributed by atoms with Gasteiger partial charge in [0, 0.05) is 35.5 Å². The van der Waals surface area contributed by atoms with Gasteiger partial charge in [0.1, 0.15) is 17.6 Å². The Bertz CT molecular complexity index is 1730. The van der Waals surface area contributed by atoms with E-state index in [4.69, 9.17) is 4.74 Å². The Kier molecular flexibility index (Phi) is 6.67. The molecular weight excluding hydrogens is 549 g/mol. The molecule has 1 fully saturated rings. The monoisotopic (exact) mass is 572 g/mol. The molecule has 6 rings (SSSR count). The van der Waals surface area contributed by atoms with Gasteiger partial charge in [0.25, 0.3) is 17.7 Å². The highest BCUT2D eigenvalue weighted by molar-refractivity contribution is 6.13. The number of hydrogen-bond acceptors (Lipinski definition) is 6. The first-order chi connectivity index (χ1) is 20.2. The third-order valence-corrected chi connectivity index (χ3v) is 7.56. The van der Waals surface area contributed by atoms with E-state index in [1.807, 2.05) is 6.07 Å². The number of aromatic nitrogens is 2. The average molecular weight is 573 g/mol. The van der Waals surface area contributed by atoms with Gasteiger partial charge in [-0.05, 0) is 54.6 Å². The number of halogens is 3. The summed E-state index contributed by atoms with van der Waals surface area (Å²) < 4.78 is 50.3. The molecular formula is C30H23F3N6O3. The number of methoxy groups -OCH3 is 1. The van der Waals surface area contributed by atoms with Gasteiger partial charge in [0.15, 0.2) is 5.69 Å². The molecule has 2 atom stereocenters. The lowest BCUT2D eigenvalue weighted by Gasteiger charge is -2.37. The normalized spacial score (nSPS) is 17.8. The predicted octanol–water partition coefficient (Wildman–Crippen LogP) is 4.47. The second-order valence-electron chi connectivity index (χ2n) is 9.93. The van der Waals surface area contributed by atoms with Crippen LogP contribution in [0.25, 0.3) is 0 Å². The maximum atomic E-state index is 15.2. The Morgan fingerprint density at radius 1 is 1.07 bits per heavy atom. The van der Waals surface area contributed by atoms with E-state index in [1.165, 1.54) is 60.7 Å². The van der Waals surface area contributed by atoms with Crippen molar-refractivity contribution in [3.8, 4) is 11.8 Å². The standard InChI is InChI=1S/C30H23F3N6O3/c1-42-26-11-2-17(12-18(26)13-34)28(40)37-23-14-36-39-25-16-35-15-24(25)38(29(41)27(23)39)22-9-5-20(6-10-22)30(32,33)19-3-7-21(31)8-4-19/h2-12,14,24-25,35H,15-16H2,1H3,(H,37,40)/t24-,25+/m0/s1. The van der Waals surface area contributed by atoms with Crippen molar-refractivity contribution in [1.82, 2.24) is 15.1 Å². The van der Waals surface area contributed by atoms with Crippen molar-refractivity contribution in [2.75, 3.05) is 30.4 Å². The zero-order chi connectivity index (χ0) is 29.6. The van der Waals surface area contributed by atoms with Crippen LogP contribution < -0.4 is 20.3 Å². The van der Waals surface area contributed by atoms with Gasteiger partial charge in [-0.3, -0.25) is 14.3 Å². The van der Waals surface area contributed by atoms with Crippen molar-refractivity contribution in [2.45, 2.75) is 18.0 Å². The van der Waals surface area contributed by atoms with Crippen LogP contribution in [0.4, 0.5) is 24.5 Å². The number of carbonyl (C=O) groups excluding carboxylic acids is 2. The van der Waals surface area contributed by atoms with E-state index < -0.39 is 23.6 Å². The molecule has 0 aliphatic carbocycles. The van der Waals surface area contributed by atoms with E-state index in [2.05, 4.69) is 15.7 Å². The summed E-state index contributed by atoms with van der Waals surface area (Å²) >= 11 is 0. The summed E-state index contributed by atoms with van der Waals surface area (Å²) in [6.45, 7) is 0.953. The van der Waals surface area contributed by atoms with E-state index in [0.717, 1.165) is 24.3 Å². The summed E-state index contributed by atoms with van der Waals surface area (Å²) in [4.78, 5) is 28.5. The number of nitrogens with zero attached hydrogens (tertiary/aromatic N) is 4. The molecule has 212 valence electrons. The van der Waals surface area contributed by atoms with Gasteiger partial charge >= 0.3 is 0 Å². The van der Waals surface area contributed by atoms with Crippen LogP contribution in [0.1, 0.15) is 43.6 Å². The SMILES string of the molecule is COc1ccc(C(=O)Nc2cnn3c2C(=O)N(c2ccc(C(F)(F)c4ccc(F)cc4)cc2)[C@H]2CNC[C@H]23)cc1C#N. The van der Waals surface area contributed by atoms with Crippen molar-refractivity contribution < 1.29 is 27.5 Å². The molecule has 9 nitrogen and oxygen atoms in total. The molecule has 4 aromatic rings. The molecule has 0 bridgehead atoms. The Morgan fingerprint density at radius 2 is 1.74 bits per heavy atom. The zero-order valence-corrected chi connectivity index (χ0v) is 22.1. The van der Waals surface area contributed by atoms with E-state index in [-0.39, 0.29) is 45.7 Å². The largest absolute Gasteiger partial charge is 0.495 e. The minimum absolute atomic E-state index is 0.142.